The van der Waals surface area contributed by atoms with Gasteiger partial charge in [0.2, 0.25) is 15.9 Å². The Balaban J connectivity index is 1.63. The van der Waals surface area contributed by atoms with Crippen LogP contribution in [0.25, 0.3) is 0 Å². The van der Waals surface area contributed by atoms with Crippen molar-refractivity contribution in [1.82, 2.24) is 10.0 Å². The van der Waals surface area contributed by atoms with Crippen LogP contribution in [-0.2, 0) is 21.2 Å². The second-order valence-electron chi connectivity index (χ2n) is 7.91. The second-order valence-corrected chi connectivity index (χ2v) is 9.63. The molecule has 1 aliphatic rings. The van der Waals surface area contributed by atoms with Crippen LogP contribution in [0.1, 0.15) is 31.4 Å². The zero-order valence-electron chi connectivity index (χ0n) is 17.0. The summed E-state index contributed by atoms with van der Waals surface area (Å²) < 4.78 is 33.9. The summed E-state index contributed by atoms with van der Waals surface area (Å²) in [6.45, 7) is 6.13. The van der Waals surface area contributed by atoms with Crippen LogP contribution in [0.5, 0.6) is 5.75 Å². The van der Waals surface area contributed by atoms with Crippen molar-refractivity contribution in [2.75, 3.05) is 6.54 Å². The maximum absolute atomic E-state index is 12.8. The van der Waals surface area contributed by atoms with Gasteiger partial charge in [0.1, 0.15) is 17.9 Å². The Bertz CT molecular complexity index is 930. The van der Waals surface area contributed by atoms with Crippen LogP contribution >= 0.6 is 0 Å². The smallest absolute Gasteiger partial charge is 0.241 e. The number of hydrogen-bond donors (Lipinski definition) is 2. The van der Waals surface area contributed by atoms with E-state index in [-0.39, 0.29) is 22.8 Å². The number of ether oxygens (including phenoxy) is 1. The van der Waals surface area contributed by atoms with E-state index in [1.807, 2.05) is 45.0 Å². The first-order valence-electron chi connectivity index (χ1n) is 9.86. The molecule has 0 fully saturated rings. The molecular weight excluding hydrogens is 388 g/mol. The number of sulfonamides is 1. The first-order chi connectivity index (χ1) is 13.7. The van der Waals surface area contributed by atoms with Crippen LogP contribution < -0.4 is 14.8 Å². The summed E-state index contributed by atoms with van der Waals surface area (Å²) in [6.07, 6.45) is 0.980. The number of amides is 1. The van der Waals surface area contributed by atoms with Gasteiger partial charge in [-0.25, -0.2) is 8.42 Å². The fourth-order valence-electron chi connectivity index (χ4n) is 3.36. The molecule has 2 unspecified atom stereocenters. The van der Waals surface area contributed by atoms with Crippen LogP contribution in [0.15, 0.2) is 53.4 Å². The number of aryl methyl sites for hydroxylation is 1. The highest BCUT2D eigenvalue weighted by Crippen LogP contribution is 2.27. The number of para-hydroxylation sites is 1. The molecule has 2 aromatic rings. The zero-order valence-corrected chi connectivity index (χ0v) is 17.8. The van der Waals surface area contributed by atoms with Crippen LogP contribution in [0.3, 0.4) is 0 Å². The quantitative estimate of drug-likeness (QED) is 0.693. The number of fused-ring (bicyclic) bond motifs is 1. The molecule has 156 valence electrons. The second kappa shape index (κ2) is 8.97. The number of hydrogen-bond acceptors (Lipinski definition) is 4. The summed E-state index contributed by atoms with van der Waals surface area (Å²) in [4.78, 5) is 12.9. The molecule has 0 saturated carbocycles. The average Bonchev–Trinajstić information content (AvgIpc) is 3.08. The molecule has 0 bridgehead atoms. The van der Waals surface area contributed by atoms with Crippen molar-refractivity contribution in [3.8, 4) is 5.75 Å². The molecule has 0 aliphatic carbocycles. The van der Waals surface area contributed by atoms with Crippen molar-refractivity contribution in [2.24, 2.45) is 5.92 Å². The van der Waals surface area contributed by atoms with Gasteiger partial charge in [-0.15, -0.1) is 0 Å². The molecule has 1 aliphatic heterocycles. The lowest BCUT2D eigenvalue weighted by atomic mass is 10.0. The number of rotatable bonds is 8. The van der Waals surface area contributed by atoms with Crippen LogP contribution in [-0.4, -0.2) is 33.0 Å². The van der Waals surface area contributed by atoms with Gasteiger partial charge in [-0.05, 0) is 43.0 Å². The van der Waals surface area contributed by atoms with Crippen molar-refractivity contribution in [3.63, 3.8) is 0 Å². The standard InChI is InChI=1S/C22H28N2O4S/c1-15(2)12-20(24-29(26,27)19-10-8-16(3)9-11-19)22(25)23-14-18-13-17-6-4-5-7-21(17)28-18/h4-11,15,18,20,24H,12-14H2,1-3H3,(H,23,25). The number of carbonyl (C=O) groups is 1. The average molecular weight is 417 g/mol. The minimum absolute atomic E-state index is 0.148. The highest BCUT2D eigenvalue weighted by atomic mass is 32.2. The molecule has 1 heterocycles. The number of carbonyl (C=O) groups excluding carboxylic acids is 1. The Morgan fingerprint density at radius 3 is 2.48 bits per heavy atom. The molecule has 6 nitrogen and oxygen atoms in total. The molecule has 29 heavy (non-hydrogen) atoms. The molecule has 0 radical (unpaired) electrons. The fraction of sp³-hybridized carbons (Fsp3) is 0.409. The van der Waals surface area contributed by atoms with Crippen molar-refractivity contribution >= 4 is 15.9 Å². The van der Waals surface area contributed by atoms with Gasteiger partial charge in [0, 0.05) is 6.42 Å². The molecule has 0 spiro atoms. The third-order valence-corrected chi connectivity index (χ3v) is 6.36. The predicted octanol–water partition coefficient (Wildman–Crippen LogP) is 2.81. The fourth-order valence-corrected chi connectivity index (χ4v) is 4.57. The van der Waals surface area contributed by atoms with Crippen molar-refractivity contribution < 1.29 is 17.9 Å². The van der Waals surface area contributed by atoms with Gasteiger partial charge in [-0.3, -0.25) is 4.79 Å². The van der Waals surface area contributed by atoms with Gasteiger partial charge in [-0.1, -0.05) is 49.7 Å². The zero-order chi connectivity index (χ0) is 21.0. The van der Waals surface area contributed by atoms with E-state index in [0.29, 0.717) is 13.0 Å². The Morgan fingerprint density at radius 2 is 1.83 bits per heavy atom. The van der Waals surface area contributed by atoms with Gasteiger partial charge in [0.05, 0.1) is 11.4 Å². The van der Waals surface area contributed by atoms with E-state index in [1.54, 1.807) is 24.3 Å². The molecule has 2 aromatic carbocycles. The summed E-state index contributed by atoms with van der Waals surface area (Å²) in [7, 11) is -3.79. The van der Waals surface area contributed by atoms with Crippen molar-refractivity contribution in [1.29, 1.82) is 0 Å². The van der Waals surface area contributed by atoms with Crippen molar-refractivity contribution in [3.05, 3.63) is 59.7 Å². The summed E-state index contributed by atoms with van der Waals surface area (Å²) >= 11 is 0. The molecule has 0 saturated heterocycles. The summed E-state index contributed by atoms with van der Waals surface area (Å²) in [5, 5.41) is 2.86. The maximum Gasteiger partial charge on any atom is 0.241 e. The van der Waals surface area contributed by atoms with Crippen LogP contribution in [0.2, 0.25) is 0 Å². The van der Waals surface area contributed by atoms with Gasteiger partial charge >= 0.3 is 0 Å². The molecule has 3 rings (SSSR count). The van der Waals surface area contributed by atoms with E-state index in [0.717, 1.165) is 23.3 Å². The van der Waals surface area contributed by atoms with E-state index in [4.69, 9.17) is 4.74 Å². The maximum atomic E-state index is 12.8. The molecule has 1 amide bonds. The van der Waals surface area contributed by atoms with Crippen LogP contribution in [0, 0.1) is 12.8 Å². The van der Waals surface area contributed by atoms with Crippen LogP contribution in [0.4, 0.5) is 0 Å². The van der Waals surface area contributed by atoms with E-state index in [1.165, 1.54) is 0 Å². The minimum Gasteiger partial charge on any atom is -0.488 e. The lowest BCUT2D eigenvalue weighted by molar-refractivity contribution is -0.123. The van der Waals surface area contributed by atoms with Crippen molar-refractivity contribution in [2.45, 2.75) is 50.7 Å². The van der Waals surface area contributed by atoms with E-state index >= 15 is 0 Å². The first kappa shape index (κ1) is 21.3. The monoisotopic (exact) mass is 416 g/mol. The third-order valence-electron chi connectivity index (χ3n) is 4.87. The predicted molar refractivity (Wildman–Crippen MR) is 112 cm³/mol. The van der Waals surface area contributed by atoms with Gasteiger partial charge in [0.15, 0.2) is 0 Å². The Hall–Kier alpha value is -2.38. The highest BCUT2D eigenvalue weighted by Gasteiger charge is 2.28. The third kappa shape index (κ3) is 5.58. The Labute approximate surface area is 172 Å². The molecule has 2 atom stereocenters. The normalized spacial score (nSPS) is 16.9. The summed E-state index contributed by atoms with van der Waals surface area (Å²) in [5.41, 5.74) is 2.09. The lowest BCUT2D eigenvalue weighted by Crippen LogP contribution is -2.49. The first-order valence-corrected chi connectivity index (χ1v) is 11.3. The topological polar surface area (TPSA) is 84.5 Å². The lowest BCUT2D eigenvalue weighted by Gasteiger charge is -2.21. The minimum atomic E-state index is -3.79. The van der Waals surface area contributed by atoms with E-state index in [9.17, 15) is 13.2 Å². The molecule has 2 N–H and O–H groups in total. The van der Waals surface area contributed by atoms with Gasteiger partial charge < -0.3 is 10.1 Å². The summed E-state index contributed by atoms with van der Waals surface area (Å²) in [5.74, 6) is 0.651. The summed E-state index contributed by atoms with van der Waals surface area (Å²) in [6, 6.07) is 13.5. The Morgan fingerprint density at radius 1 is 1.14 bits per heavy atom. The van der Waals surface area contributed by atoms with E-state index in [2.05, 4.69) is 10.0 Å². The number of nitrogens with one attached hydrogen (secondary N) is 2. The van der Waals surface area contributed by atoms with E-state index < -0.39 is 16.1 Å². The SMILES string of the molecule is Cc1ccc(S(=O)(=O)NC(CC(C)C)C(=O)NCC2Cc3ccccc3O2)cc1. The Kier molecular flexibility index (Phi) is 6.59. The highest BCUT2D eigenvalue weighted by molar-refractivity contribution is 7.89. The number of benzene rings is 2. The van der Waals surface area contributed by atoms with Gasteiger partial charge in [-0.2, -0.15) is 4.72 Å². The molecular formula is C22H28N2O4S. The van der Waals surface area contributed by atoms with Gasteiger partial charge in [0.25, 0.3) is 0 Å². The largest absolute Gasteiger partial charge is 0.488 e. The molecule has 0 aromatic heterocycles. The molecule has 7 heteroatoms.